The van der Waals surface area contributed by atoms with Crippen LogP contribution in [0.1, 0.15) is 15.9 Å². The van der Waals surface area contributed by atoms with E-state index in [9.17, 15) is 9.18 Å². The van der Waals surface area contributed by atoms with E-state index in [1.165, 1.54) is 23.4 Å². The Balaban J connectivity index is 1.95. The molecule has 0 N–H and O–H groups in total. The number of carbonyl (C=O) groups is 1. The highest BCUT2D eigenvalue weighted by atomic mass is 19.1. The van der Waals surface area contributed by atoms with Crippen molar-refractivity contribution >= 4 is 17.8 Å². The highest BCUT2D eigenvalue weighted by Gasteiger charge is 2.16. The van der Waals surface area contributed by atoms with Gasteiger partial charge in [0.2, 0.25) is 0 Å². The molecule has 0 bridgehead atoms. The van der Waals surface area contributed by atoms with Gasteiger partial charge in [-0.1, -0.05) is 48.5 Å². The average Bonchev–Trinajstić information content (AvgIpc) is 2.63. The van der Waals surface area contributed by atoms with Gasteiger partial charge in [0.05, 0.1) is 11.9 Å². The molecule has 24 heavy (non-hydrogen) atoms. The zero-order valence-corrected chi connectivity index (χ0v) is 12.8. The summed E-state index contributed by atoms with van der Waals surface area (Å²) >= 11 is 0. The van der Waals surface area contributed by atoms with Crippen molar-refractivity contribution < 1.29 is 9.18 Å². The third-order valence-corrected chi connectivity index (χ3v) is 3.38. The van der Waals surface area contributed by atoms with Crippen molar-refractivity contribution in [1.82, 2.24) is 0 Å². The number of hydrogen-bond donors (Lipinski definition) is 0. The van der Waals surface area contributed by atoms with Crippen LogP contribution in [-0.4, -0.2) is 12.1 Å². The molecular weight excluding hydrogens is 303 g/mol. The van der Waals surface area contributed by atoms with Crippen LogP contribution in [0.5, 0.6) is 0 Å². The Morgan fingerprint density at radius 2 is 1.54 bits per heavy atom. The standard InChI is InChI=1S/C20H15FN2O/c21-18-11-7-8-16(14-18)15-22-23(19-12-5-2-6-13-19)20(24)17-9-3-1-4-10-17/h1-15H. The summed E-state index contributed by atoms with van der Waals surface area (Å²) in [5.74, 6) is -0.603. The van der Waals surface area contributed by atoms with Crippen LogP contribution in [0.4, 0.5) is 10.1 Å². The number of hydrogen-bond acceptors (Lipinski definition) is 2. The highest BCUT2D eigenvalue weighted by Crippen LogP contribution is 2.17. The smallest absolute Gasteiger partial charge is 0.267 e. The Labute approximate surface area is 139 Å². The second-order valence-electron chi connectivity index (χ2n) is 5.12. The molecule has 0 aliphatic carbocycles. The van der Waals surface area contributed by atoms with Crippen LogP contribution >= 0.6 is 0 Å². The lowest BCUT2D eigenvalue weighted by molar-refractivity contribution is 0.0988. The van der Waals surface area contributed by atoms with Crippen molar-refractivity contribution in [3.63, 3.8) is 0 Å². The number of amides is 1. The van der Waals surface area contributed by atoms with Gasteiger partial charge in [-0.25, -0.2) is 4.39 Å². The topological polar surface area (TPSA) is 32.7 Å². The Hall–Kier alpha value is -3.27. The summed E-state index contributed by atoms with van der Waals surface area (Å²) < 4.78 is 13.3. The van der Waals surface area contributed by atoms with Crippen molar-refractivity contribution in [3.8, 4) is 0 Å². The molecule has 0 saturated carbocycles. The third kappa shape index (κ3) is 3.73. The molecule has 3 aromatic rings. The second kappa shape index (κ2) is 7.33. The minimum absolute atomic E-state index is 0.255. The van der Waals surface area contributed by atoms with Crippen LogP contribution in [0.15, 0.2) is 90.0 Å². The summed E-state index contributed by atoms with van der Waals surface area (Å²) in [6.45, 7) is 0. The predicted octanol–water partition coefficient (Wildman–Crippen LogP) is 4.51. The van der Waals surface area contributed by atoms with Gasteiger partial charge in [0.15, 0.2) is 0 Å². The predicted molar refractivity (Wildman–Crippen MR) is 93.7 cm³/mol. The molecule has 0 aliphatic rings. The maximum atomic E-state index is 13.3. The van der Waals surface area contributed by atoms with E-state index in [0.29, 0.717) is 16.8 Å². The summed E-state index contributed by atoms with van der Waals surface area (Å²) in [5, 5.41) is 5.58. The molecule has 0 aromatic heterocycles. The van der Waals surface area contributed by atoms with Gasteiger partial charge < -0.3 is 0 Å². The fraction of sp³-hybridized carbons (Fsp3) is 0. The van der Waals surface area contributed by atoms with Crippen LogP contribution in [-0.2, 0) is 0 Å². The van der Waals surface area contributed by atoms with Crippen LogP contribution in [0, 0.1) is 5.82 Å². The van der Waals surface area contributed by atoms with Crippen molar-refractivity contribution in [2.45, 2.75) is 0 Å². The highest BCUT2D eigenvalue weighted by molar-refractivity contribution is 6.06. The second-order valence-corrected chi connectivity index (χ2v) is 5.12. The first-order valence-electron chi connectivity index (χ1n) is 7.48. The van der Waals surface area contributed by atoms with E-state index in [1.54, 1.807) is 48.5 Å². The van der Waals surface area contributed by atoms with Gasteiger partial charge in [-0.15, -0.1) is 0 Å². The lowest BCUT2D eigenvalue weighted by Gasteiger charge is -2.17. The first kappa shape index (κ1) is 15.6. The van der Waals surface area contributed by atoms with Crippen molar-refractivity contribution in [1.29, 1.82) is 0 Å². The van der Waals surface area contributed by atoms with Crippen molar-refractivity contribution in [2.75, 3.05) is 5.01 Å². The molecule has 1 amide bonds. The molecule has 0 fully saturated rings. The van der Waals surface area contributed by atoms with Crippen LogP contribution < -0.4 is 5.01 Å². The monoisotopic (exact) mass is 318 g/mol. The Morgan fingerprint density at radius 1 is 0.875 bits per heavy atom. The molecule has 3 aromatic carbocycles. The number of carbonyl (C=O) groups excluding carboxylic acids is 1. The Bertz CT molecular complexity index is 848. The number of hydrazone groups is 1. The molecule has 0 radical (unpaired) electrons. The molecule has 4 heteroatoms. The molecule has 0 unspecified atom stereocenters. The first-order valence-corrected chi connectivity index (χ1v) is 7.48. The van der Waals surface area contributed by atoms with E-state index in [0.717, 1.165) is 0 Å². The maximum Gasteiger partial charge on any atom is 0.278 e. The lowest BCUT2D eigenvalue weighted by Crippen LogP contribution is -2.25. The minimum Gasteiger partial charge on any atom is -0.267 e. The Morgan fingerprint density at radius 3 is 2.21 bits per heavy atom. The molecule has 3 nitrogen and oxygen atoms in total. The summed E-state index contributed by atoms with van der Waals surface area (Å²) in [5.41, 5.74) is 1.74. The number of benzene rings is 3. The summed E-state index contributed by atoms with van der Waals surface area (Å²) in [6, 6.07) is 24.1. The minimum atomic E-state index is -0.348. The number of para-hydroxylation sites is 1. The van der Waals surface area contributed by atoms with Gasteiger partial charge in [0.1, 0.15) is 5.82 Å². The molecule has 3 rings (SSSR count). The van der Waals surface area contributed by atoms with E-state index < -0.39 is 0 Å². The number of rotatable bonds is 4. The van der Waals surface area contributed by atoms with Crippen LogP contribution in [0.25, 0.3) is 0 Å². The quantitative estimate of drug-likeness (QED) is 0.515. The SMILES string of the molecule is O=C(c1ccccc1)N(N=Cc1cccc(F)c1)c1ccccc1. The van der Waals surface area contributed by atoms with Crippen LogP contribution in [0.2, 0.25) is 0 Å². The first-order chi connectivity index (χ1) is 11.7. The van der Waals surface area contributed by atoms with E-state index >= 15 is 0 Å². The van der Waals surface area contributed by atoms with Gasteiger partial charge in [0.25, 0.3) is 5.91 Å². The molecule has 0 heterocycles. The molecular formula is C20H15FN2O. The number of halogens is 1. The zero-order chi connectivity index (χ0) is 16.8. The van der Waals surface area contributed by atoms with Gasteiger partial charge in [0, 0.05) is 5.56 Å². The lowest BCUT2D eigenvalue weighted by atomic mass is 10.2. The van der Waals surface area contributed by atoms with Crippen molar-refractivity contribution in [3.05, 3.63) is 102 Å². The zero-order valence-electron chi connectivity index (χ0n) is 12.8. The largest absolute Gasteiger partial charge is 0.278 e. The van der Waals surface area contributed by atoms with Gasteiger partial charge >= 0.3 is 0 Å². The number of anilines is 1. The van der Waals surface area contributed by atoms with E-state index in [4.69, 9.17) is 0 Å². The number of nitrogens with zero attached hydrogens (tertiary/aromatic N) is 2. The normalized spacial score (nSPS) is 10.7. The van der Waals surface area contributed by atoms with E-state index in [2.05, 4.69) is 5.10 Å². The van der Waals surface area contributed by atoms with E-state index in [1.807, 2.05) is 24.3 Å². The van der Waals surface area contributed by atoms with Gasteiger partial charge in [-0.3, -0.25) is 4.79 Å². The average molecular weight is 318 g/mol. The van der Waals surface area contributed by atoms with Gasteiger partial charge in [-0.05, 0) is 42.0 Å². The Kier molecular flexibility index (Phi) is 4.77. The summed E-state index contributed by atoms with van der Waals surface area (Å²) in [7, 11) is 0. The maximum absolute atomic E-state index is 13.3. The molecule has 0 spiro atoms. The molecule has 0 aliphatic heterocycles. The molecule has 0 atom stereocenters. The summed E-state index contributed by atoms with van der Waals surface area (Å²) in [4.78, 5) is 12.8. The molecule has 0 saturated heterocycles. The van der Waals surface area contributed by atoms with E-state index in [-0.39, 0.29) is 11.7 Å². The van der Waals surface area contributed by atoms with Crippen LogP contribution in [0.3, 0.4) is 0 Å². The fourth-order valence-corrected chi connectivity index (χ4v) is 2.22. The van der Waals surface area contributed by atoms with Gasteiger partial charge in [-0.2, -0.15) is 10.1 Å². The van der Waals surface area contributed by atoms with Crippen molar-refractivity contribution in [2.24, 2.45) is 5.10 Å². The molecule has 118 valence electrons. The summed E-state index contributed by atoms with van der Waals surface area (Å²) in [6.07, 6.45) is 1.47. The fourth-order valence-electron chi connectivity index (χ4n) is 2.22. The third-order valence-electron chi connectivity index (χ3n) is 3.38.